The van der Waals surface area contributed by atoms with E-state index in [2.05, 4.69) is 10.6 Å². The molecule has 0 saturated carbocycles. The molecule has 1 aliphatic heterocycles. The second-order valence-corrected chi connectivity index (χ2v) is 6.19. The highest BCUT2D eigenvalue weighted by Gasteiger charge is 2.18. The molecule has 126 valence electrons. The first-order valence-electron chi connectivity index (χ1n) is 8.53. The van der Waals surface area contributed by atoms with Crippen LogP contribution in [-0.2, 0) is 6.42 Å². The van der Waals surface area contributed by atoms with Crippen molar-refractivity contribution in [3.05, 3.63) is 59.7 Å². The third kappa shape index (κ3) is 4.15. The van der Waals surface area contributed by atoms with Gasteiger partial charge in [-0.3, -0.25) is 4.79 Å². The number of amides is 1. The Morgan fingerprint density at radius 2 is 2.04 bits per heavy atom. The molecule has 1 atom stereocenters. The summed E-state index contributed by atoms with van der Waals surface area (Å²) in [6, 6.07) is 15.7. The zero-order valence-electron chi connectivity index (χ0n) is 14.0. The van der Waals surface area contributed by atoms with Gasteiger partial charge in [0, 0.05) is 17.3 Å². The van der Waals surface area contributed by atoms with Crippen LogP contribution >= 0.6 is 0 Å². The van der Waals surface area contributed by atoms with Gasteiger partial charge >= 0.3 is 0 Å². The predicted molar refractivity (Wildman–Crippen MR) is 96.7 cm³/mol. The number of benzene rings is 2. The summed E-state index contributed by atoms with van der Waals surface area (Å²) in [5.74, 6) is 0.715. The van der Waals surface area contributed by atoms with E-state index in [9.17, 15) is 4.79 Å². The number of carbonyl (C=O) groups excluding carboxylic acids is 1. The van der Waals surface area contributed by atoms with Crippen LogP contribution in [0.15, 0.2) is 48.5 Å². The molecule has 1 saturated heterocycles. The van der Waals surface area contributed by atoms with E-state index in [1.165, 1.54) is 12.8 Å². The van der Waals surface area contributed by atoms with Crippen LogP contribution in [0.3, 0.4) is 0 Å². The Morgan fingerprint density at radius 3 is 2.75 bits per heavy atom. The molecule has 1 unspecified atom stereocenters. The van der Waals surface area contributed by atoms with Gasteiger partial charge in [0.15, 0.2) is 0 Å². The number of para-hydroxylation sites is 1. The SMILES string of the molecule is COc1ccc(C(=O)Nc2ccccc2)c(CC2CCCCN2)c1. The summed E-state index contributed by atoms with van der Waals surface area (Å²) < 4.78 is 5.34. The maximum absolute atomic E-state index is 12.7. The first-order chi connectivity index (χ1) is 11.8. The third-order valence-corrected chi connectivity index (χ3v) is 4.47. The van der Waals surface area contributed by atoms with Gasteiger partial charge in [-0.1, -0.05) is 24.6 Å². The Balaban J connectivity index is 1.81. The number of ether oxygens (including phenoxy) is 1. The summed E-state index contributed by atoms with van der Waals surface area (Å²) in [5.41, 5.74) is 2.55. The molecule has 0 spiro atoms. The number of piperidine rings is 1. The molecule has 1 amide bonds. The van der Waals surface area contributed by atoms with Crippen LogP contribution in [0.1, 0.15) is 35.2 Å². The maximum Gasteiger partial charge on any atom is 0.255 e. The fourth-order valence-corrected chi connectivity index (χ4v) is 3.17. The summed E-state index contributed by atoms with van der Waals surface area (Å²) >= 11 is 0. The molecule has 0 radical (unpaired) electrons. The molecule has 2 aromatic carbocycles. The van der Waals surface area contributed by atoms with Gasteiger partial charge in [0.2, 0.25) is 0 Å². The third-order valence-electron chi connectivity index (χ3n) is 4.47. The molecule has 2 aromatic rings. The van der Waals surface area contributed by atoms with Crippen LogP contribution in [0.2, 0.25) is 0 Å². The Bertz CT molecular complexity index is 679. The average molecular weight is 324 g/mol. The van der Waals surface area contributed by atoms with E-state index < -0.39 is 0 Å². The van der Waals surface area contributed by atoms with Crippen molar-refractivity contribution in [3.63, 3.8) is 0 Å². The lowest BCUT2D eigenvalue weighted by Crippen LogP contribution is -2.36. The molecule has 0 aromatic heterocycles. The van der Waals surface area contributed by atoms with Crippen LogP contribution in [0.4, 0.5) is 5.69 Å². The quantitative estimate of drug-likeness (QED) is 0.883. The van der Waals surface area contributed by atoms with Gasteiger partial charge < -0.3 is 15.4 Å². The number of carbonyl (C=O) groups is 1. The molecule has 0 aliphatic carbocycles. The van der Waals surface area contributed by atoms with E-state index in [0.717, 1.165) is 36.4 Å². The number of methoxy groups -OCH3 is 1. The molecule has 3 rings (SSSR count). The van der Waals surface area contributed by atoms with Gasteiger partial charge in [0.05, 0.1) is 7.11 Å². The lowest BCUT2D eigenvalue weighted by Gasteiger charge is -2.24. The Hall–Kier alpha value is -2.33. The molecule has 1 aliphatic rings. The van der Waals surface area contributed by atoms with Crippen molar-refractivity contribution >= 4 is 11.6 Å². The van der Waals surface area contributed by atoms with Crippen LogP contribution in [0.25, 0.3) is 0 Å². The van der Waals surface area contributed by atoms with Crippen molar-refractivity contribution in [3.8, 4) is 5.75 Å². The fraction of sp³-hybridized carbons (Fsp3) is 0.350. The minimum Gasteiger partial charge on any atom is -0.497 e. The van der Waals surface area contributed by atoms with Crippen molar-refractivity contribution in [1.82, 2.24) is 5.32 Å². The minimum atomic E-state index is -0.0744. The largest absolute Gasteiger partial charge is 0.497 e. The lowest BCUT2D eigenvalue weighted by atomic mass is 9.94. The van der Waals surface area contributed by atoms with Crippen LogP contribution < -0.4 is 15.4 Å². The number of hydrogen-bond donors (Lipinski definition) is 2. The highest BCUT2D eigenvalue weighted by molar-refractivity contribution is 6.05. The van der Waals surface area contributed by atoms with Gasteiger partial charge in [0.1, 0.15) is 5.75 Å². The smallest absolute Gasteiger partial charge is 0.255 e. The first-order valence-corrected chi connectivity index (χ1v) is 8.53. The zero-order chi connectivity index (χ0) is 16.8. The van der Waals surface area contributed by atoms with E-state index in [1.54, 1.807) is 7.11 Å². The molecule has 1 heterocycles. The van der Waals surface area contributed by atoms with Crippen molar-refractivity contribution in [2.45, 2.75) is 31.7 Å². The molecule has 24 heavy (non-hydrogen) atoms. The Labute approximate surface area is 143 Å². The van der Waals surface area contributed by atoms with E-state index in [-0.39, 0.29) is 5.91 Å². The topological polar surface area (TPSA) is 50.4 Å². The van der Waals surface area contributed by atoms with E-state index in [4.69, 9.17) is 4.74 Å². The summed E-state index contributed by atoms with van der Waals surface area (Å²) in [6.45, 7) is 1.06. The summed E-state index contributed by atoms with van der Waals surface area (Å²) in [7, 11) is 1.65. The van der Waals surface area contributed by atoms with E-state index in [1.807, 2.05) is 48.5 Å². The van der Waals surface area contributed by atoms with Crippen molar-refractivity contribution in [2.75, 3.05) is 19.0 Å². The van der Waals surface area contributed by atoms with Gasteiger partial charge in [-0.25, -0.2) is 0 Å². The number of hydrogen-bond acceptors (Lipinski definition) is 3. The van der Waals surface area contributed by atoms with Crippen LogP contribution in [-0.4, -0.2) is 25.6 Å². The molecule has 4 nitrogen and oxygen atoms in total. The van der Waals surface area contributed by atoms with Crippen molar-refractivity contribution in [1.29, 1.82) is 0 Å². The Kier molecular flexibility index (Phi) is 5.49. The molecule has 0 bridgehead atoms. The minimum absolute atomic E-state index is 0.0744. The molecular weight excluding hydrogens is 300 g/mol. The number of rotatable bonds is 5. The van der Waals surface area contributed by atoms with E-state index in [0.29, 0.717) is 11.6 Å². The van der Waals surface area contributed by atoms with Gasteiger partial charge in [-0.15, -0.1) is 0 Å². The highest BCUT2D eigenvalue weighted by atomic mass is 16.5. The lowest BCUT2D eigenvalue weighted by molar-refractivity contribution is 0.102. The standard InChI is InChI=1S/C20H24N2O2/c1-24-18-10-11-19(20(23)22-16-7-3-2-4-8-16)15(14-18)13-17-9-5-6-12-21-17/h2-4,7-8,10-11,14,17,21H,5-6,9,12-13H2,1H3,(H,22,23). The summed E-state index contributed by atoms with van der Waals surface area (Å²) in [5, 5.41) is 6.52. The average Bonchev–Trinajstić information content (AvgIpc) is 2.63. The fourth-order valence-electron chi connectivity index (χ4n) is 3.17. The molecule has 2 N–H and O–H groups in total. The molecule has 1 fully saturated rings. The predicted octanol–water partition coefficient (Wildman–Crippen LogP) is 3.63. The van der Waals surface area contributed by atoms with Gasteiger partial charge in [-0.2, -0.15) is 0 Å². The second kappa shape index (κ2) is 7.97. The number of anilines is 1. The first kappa shape index (κ1) is 16.5. The summed E-state index contributed by atoms with van der Waals surface area (Å²) in [6.07, 6.45) is 4.47. The van der Waals surface area contributed by atoms with Crippen LogP contribution in [0.5, 0.6) is 5.75 Å². The second-order valence-electron chi connectivity index (χ2n) is 6.19. The van der Waals surface area contributed by atoms with Crippen molar-refractivity contribution < 1.29 is 9.53 Å². The maximum atomic E-state index is 12.7. The van der Waals surface area contributed by atoms with Crippen LogP contribution in [0, 0.1) is 0 Å². The highest BCUT2D eigenvalue weighted by Crippen LogP contribution is 2.22. The van der Waals surface area contributed by atoms with Gasteiger partial charge in [0.25, 0.3) is 5.91 Å². The number of nitrogens with one attached hydrogen (secondary N) is 2. The van der Waals surface area contributed by atoms with Gasteiger partial charge in [-0.05, 0) is 61.7 Å². The van der Waals surface area contributed by atoms with Crippen molar-refractivity contribution in [2.24, 2.45) is 0 Å². The zero-order valence-corrected chi connectivity index (χ0v) is 14.0. The monoisotopic (exact) mass is 324 g/mol. The molecule has 4 heteroatoms. The Morgan fingerprint density at radius 1 is 1.21 bits per heavy atom. The summed E-state index contributed by atoms with van der Waals surface area (Å²) in [4.78, 5) is 12.7. The van der Waals surface area contributed by atoms with E-state index >= 15 is 0 Å². The molecular formula is C20H24N2O2. The normalized spacial score (nSPS) is 17.3.